The van der Waals surface area contributed by atoms with Crippen molar-refractivity contribution < 1.29 is 24.4 Å². The number of hydrogen-bond acceptors (Lipinski definition) is 5. The van der Waals surface area contributed by atoms with Crippen molar-refractivity contribution in [3.8, 4) is 0 Å². The highest BCUT2D eigenvalue weighted by molar-refractivity contribution is 5.72. The van der Waals surface area contributed by atoms with E-state index in [2.05, 4.69) is 20.8 Å². The first-order valence-corrected chi connectivity index (χ1v) is 22.2. The van der Waals surface area contributed by atoms with E-state index in [-0.39, 0.29) is 11.9 Å². The molecule has 0 rings (SSSR count). The fourth-order valence-electron chi connectivity index (χ4n) is 6.98. The van der Waals surface area contributed by atoms with Crippen molar-refractivity contribution in [1.82, 2.24) is 0 Å². The second kappa shape index (κ2) is 41.3. The molecule has 0 aromatic carbocycles. The van der Waals surface area contributed by atoms with Crippen LogP contribution in [0.3, 0.4) is 0 Å². The average Bonchev–Trinajstić information content (AvgIpc) is 3.10. The topological polar surface area (TPSA) is 61.8 Å². The lowest BCUT2D eigenvalue weighted by Crippen LogP contribution is -2.19. The molecule has 0 aliphatic carbocycles. The van der Waals surface area contributed by atoms with E-state index in [1.54, 1.807) is 0 Å². The predicted molar refractivity (Wildman–Crippen MR) is 209 cm³/mol. The number of carbonyl (C=O) groups is 2. The highest BCUT2D eigenvalue weighted by atomic mass is 17.5. The molecule has 0 radical (unpaired) electrons. The molecule has 0 heterocycles. The van der Waals surface area contributed by atoms with Gasteiger partial charge in [-0.15, -0.1) is 0 Å². The van der Waals surface area contributed by atoms with Crippen LogP contribution in [0.5, 0.6) is 0 Å². The second-order valence-electron chi connectivity index (χ2n) is 15.3. The molecule has 0 aromatic rings. The minimum atomic E-state index is -0.457. The summed E-state index contributed by atoms with van der Waals surface area (Å²) in [6, 6.07) is 0. The molecule has 0 aromatic heterocycles. The molecule has 1 unspecified atom stereocenters. The summed E-state index contributed by atoms with van der Waals surface area (Å²) in [6.45, 7) is 6.79. The number of rotatable bonds is 41. The van der Waals surface area contributed by atoms with Gasteiger partial charge >= 0.3 is 11.9 Å². The Morgan fingerprint density at radius 2 is 0.612 bits per heavy atom. The maximum Gasteiger partial charge on any atom is 0.349 e. The Bertz CT molecular complexity index is 666. The molecule has 49 heavy (non-hydrogen) atoms. The Morgan fingerprint density at radius 1 is 0.347 bits per heavy atom. The van der Waals surface area contributed by atoms with E-state index in [4.69, 9.17) is 14.8 Å². The van der Waals surface area contributed by atoms with Crippen LogP contribution in [0.4, 0.5) is 0 Å². The Hall–Kier alpha value is -1.10. The van der Waals surface area contributed by atoms with Gasteiger partial charge in [-0.2, -0.15) is 0 Å². The van der Waals surface area contributed by atoms with Gasteiger partial charge in [-0.1, -0.05) is 239 Å². The van der Waals surface area contributed by atoms with E-state index in [1.165, 1.54) is 180 Å². The van der Waals surface area contributed by atoms with Gasteiger partial charge in [-0.25, -0.2) is 9.59 Å². The van der Waals surface area contributed by atoms with Gasteiger partial charge in [0.05, 0.1) is 5.92 Å². The summed E-state index contributed by atoms with van der Waals surface area (Å²) in [4.78, 5) is 34.7. The molecule has 5 nitrogen and oxygen atoms in total. The van der Waals surface area contributed by atoms with Crippen molar-refractivity contribution in [3.05, 3.63) is 0 Å². The molecule has 0 fully saturated rings. The quantitative estimate of drug-likeness (QED) is 0.0362. The first-order valence-electron chi connectivity index (χ1n) is 22.2. The molecule has 0 amide bonds. The normalized spacial score (nSPS) is 12.0. The summed E-state index contributed by atoms with van der Waals surface area (Å²) in [7, 11) is 0. The van der Waals surface area contributed by atoms with Crippen LogP contribution in [0.25, 0.3) is 0 Å². The van der Waals surface area contributed by atoms with Gasteiger partial charge in [-0.3, -0.25) is 9.78 Å². The van der Waals surface area contributed by atoms with Crippen molar-refractivity contribution in [3.63, 3.8) is 0 Å². The summed E-state index contributed by atoms with van der Waals surface area (Å²) in [6.07, 6.45) is 47.0. The number of unbranched alkanes of at least 4 members (excludes halogenated alkanes) is 32. The maximum atomic E-state index is 12.8. The Labute approximate surface area is 306 Å². The van der Waals surface area contributed by atoms with Crippen LogP contribution >= 0.6 is 0 Å². The zero-order chi connectivity index (χ0) is 35.7. The van der Waals surface area contributed by atoms with Gasteiger partial charge in [0.15, 0.2) is 0 Å². The smallest absolute Gasteiger partial charge is 0.260 e. The Balaban J connectivity index is 3.94. The monoisotopic (exact) mass is 695 g/mol. The summed E-state index contributed by atoms with van der Waals surface area (Å²) >= 11 is 0. The lowest BCUT2D eigenvalue weighted by atomic mass is 9.94. The largest absolute Gasteiger partial charge is 0.349 e. The van der Waals surface area contributed by atoms with Gasteiger partial charge in [0.1, 0.15) is 0 Å². The van der Waals surface area contributed by atoms with E-state index in [9.17, 15) is 9.59 Å². The van der Waals surface area contributed by atoms with Crippen molar-refractivity contribution in [2.24, 2.45) is 5.92 Å². The van der Waals surface area contributed by atoms with Gasteiger partial charge in [0.25, 0.3) is 0 Å². The first-order chi connectivity index (χ1) is 24.2. The number of carbonyl (C=O) groups excluding carboxylic acids is 2. The van der Waals surface area contributed by atoms with Crippen molar-refractivity contribution in [2.45, 2.75) is 265 Å². The lowest BCUT2D eigenvalue weighted by Gasteiger charge is -2.14. The van der Waals surface area contributed by atoms with Gasteiger partial charge < -0.3 is 0 Å². The van der Waals surface area contributed by atoms with Crippen molar-refractivity contribution in [1.29, 1.82) is 0 Å². The molecule has 0 saturated heterocycles. The molecular weight excluding hydrogens is 608 g/mol. The summed E-state index contributed by atoms with van der Waals surface area (Å²) < 4.78 is 0. The molecule has 0 bridgehead atoms. The first kappa shape index (κ1) is 47.9. The van der Waals surface area contributed by atoms with Crippen LogP contribution in [0.2, 0.25) is 0 Å². The third-order valence-electron chi connectivity index (χ3n) is 10.4. The lowest BCUT2D eigenvalue weighted by molar-refractivity contribution is -0.460. The second-order valence-corrected chi connectivity index (χ2v) is 15.3. The van der Waals surface area contributed by atoms with Crippen LogP contribution in [0.15, 0.2) is 0 Å². The molecule has 0 aliphatic heterocycles. The highest BCUT2D eigenvalue weighted by Crippen LogP contribution is 2.22. The van der Waals surface area contributed by atoms with Crippen LogP contribution < -0.4 is 0 Å². The molecule has 0 spiro atoms. The van der Waals surface area contributed by atoms with Gasteiger partial charge in [0.2, 0.25) is 0 Å². The number of hydrogen-bond donors (Lipinski definition) is 0. The maximum absolute atomic E-state index is 12.8. The average molecular weight is 695 g/mol. The van der Waals surface area contributed by atoms with E-state index in [1.807, 2.05) is 0 Å². The predicted octanol–water partition coefficient (Wildman–Crippen LogP) is 15.4. The molecule has 5 heteroatoms. The van der Waals surface area contributed by atoms with Crippen LogP contribution in [0, 0.1) is 5.92 Å². The van der Waals surface area contributed by atoms with Gasteiger partial charge in [0, 0.05) is 11.5 Å². The van der Waals surface area contributed by atoms with Crippen molar-refractivity contribution in [2.75, 3.05) is 0 Å². The van der Waals surface area contributed by atoms with Crippen LogP contribution in [-0.4, -0.2) is 11.9 Å². The molecule has 1 atom stereocenters. The zero-order valence-corrected chi connectivity index (χ0v) is 33.5. The van der Waals surface area contributed by atoms with E-state index in [0.717, 1.165) is 57.8 Å². The molecule has 292 valence electrons. The standard InChI is InChI=1S/C44H86O5/c1-4-7-10-13-16-18-20-22-24-26-28-30-32-35-38-41-43(45)47-49-48-44(46)42(39-36-33-15-12-9-6-3)40-37-34-31-29-27-25-23-21-19-17-14-11-8-5-2/h42H,4-41H2,1-3H3. The van der Waals surface area contributed by atoms with Crippen molar-refractivity contribution >= 4 is 11.9 Å². The van der Waals surface area contributed by atoms with E-state index >= 15 is 0 Å². The van der Waals surface area contributed by atoms with E-state index in [0.29, 0.717) is 6.42 Å². The molecular formula is C44H86O5. The van der Waals surface area contributed by atoms with Crippen LogP contribution in [0.1, 0.15) is 265 Å². The summed E-state index contributed by atoms with van der Waals surface area (Å²) in [5.41, 5.74) is 0. The molecule has 0 N–H and O–H groups in total. The molecule has 0 saturated carbocycles. The SMILES string of the molecule is CCCCCCCCCCCCCCCCCC(=O)OOOC(=O)C(CCCCCCCC)CCCCCCCCCCCCCCCC. The fourth-order valence-corrected chi connectivity index (χ4v) is 6.98. The minimum absolute atomic E-state index is 0.183. The van der Waals surface area contributed by atoms with Crippen LogP contribution in [-0.2, 0) is 24.4 Å². The Kier molecular flexibility index (Phi) is 40.4. The minimum Gasteiger partial charge on any atom is -0.260 e. The Morgan fingerprint density at radius 3 is 0.918 bits per heavy atom. The summed E-state index contributed by atoms with van der Waals surface area (Å²) in [5.74, 6) is -1.03. The van der Waals surface area contributed by atoms with E-state index < -0.39 is 5.97 Å². The zero-order valence-electron chi connectivity index (χ0n) is 33.5. The third-order valence-corrected chi connectivity index (χ3v) is 10.4. The van der Waals surface area contributed by atoms with Gasteiger partial charge in [-0.05, 0) is 19.3 Å². The highest BCUT2D eigenvalue weighted by Gasteiger charge is 2.21. The molecule has 0 aliphatic rings. The fraction of sp³-hybridized carbons (Fsp3) is 0.955. The summed E-state index contributed by atoms with van der Waals surface area (Å²) in [5, 5.41) is 4.70. The third kappa shape index (κ3) is 38.0.